The molecule has 0 aromatic heterocycles. The van der Waals surface area contributed by atoms with Gasteiger partial charge in [0.25, 0.3) is 11.8 Å². The quantitative estimate of drug-likeness (QED) is 0.738. The molecule has 8 nitrogen and oxygen atoms in total. The van der Waals surface area contributed by atoms with E-state index in [1.807, 2.05) is 31.2 Å². The van der Waals surface area contributed by atoms with Crippen molar-refractivity contribution in [3.63, 3.8) is 0 Å². The molecule has 0 radical (unpaired) electrons. The van der Waals surface area contributed by atoms with E-state index in [4.69, 9.17) is 11.6 Å². The number of rotatable bonds is 5. The van der Waals surface area contributed by atoms with Gasteiger partial charge >= 0.3 is 0 Å². The number of nitrogens with one attached hydrogen (secondary N) is 1. The lowest BCUT2D eigenvalue weighted by Gasteiger charge is -2.20. The molecule has 1 saturated heterocycles. The molecule has 0 saturated carbocycles. The molecule has 30 heavy (non-hydrogen) atoms. The zero-order valence-electron chi connectivity index (χ0n) is 15.9. The molecule has 2 heterocycles. The number of hydrogen-bond acceptors (Lipinski definition) is 6. The summed E-state index contributed by atoms with van der Waals surface area (Å²) in [5, 5.41) is 11.4. The van der Waals surface area contributed by atoms with E-state index in [0.29, 0.717) is 6.54 Å². The molecule has 2 aromatic carbocycles. The van der Waals surface area contributed by atoms with Crippen LogP contribution >= 0.6 is 11.6 Å². The topological polar surface area (TPSA) is 94.4 Å². The summed E-state index contributed by atoms with van der Waals surface area (Å²) in [6, 6.07) is 9.19. The highest BCUT2D eigenvalue weighted by molar-refractivity contribution is 6.32. The molecule has 2 aliphatic rings. The van der Waals surface area contributed by atoms with Gasteiger partial charge in [-0.25, -0.2) is 9.29 Å². The number of benzene rings is 2. The van der Waals surface area contributed by atoms with Gasteiger partial charge in [0.2, 0.25) is 5.91 Å². The number of nitrogens with zero attached hydrogens (tertiary/aromatic N) is 4. The van der Waals surface area contributed by atoms with Crippen molar-refractivity contribution in [1.82, 2.24) is 10.3 Å². The van der Waals surface area contributed by atoms with Gasteiger partial charge in [0.1, 0.15) is 12.4 Å². The maximum Gasteiger partial charge on any atom is 0.263 e. The summed E-state index contributed by atoms with van der Waals surface area (Å²) in [6.45, 7) is 2.07. The Hall–Kier alpha value is -3.33. The molecule has 10 heteroatoms. The maximum atomic E-state index is 13.4. The minimum absolute atomic E-state index is 0.143. The summed E-state index contributed by atoms with van der Waals surface area (Å²) in [6.07, 6.45) is 0. The Labute approximate surface area is 176 Å². The first kappa shape index (κ1) is 20.0. The first-order valence-corrected chi connectivity index (χ1v) is 9.55. The molecule has 3 amide bonds. The number of imide groups is 1. The van der Waals surface area contributed by atoms with E-state index in [1.54, 1.807) is 0 Å². The lowest BCUT2D eigenvalue weighted by atomic mass is 10.1. The predicted molar refractivity (Wildman–Crippen MR) is 106 cm³/mol. The number of hydrogen-bond donors (Lipinski definition) is 1. The Morgan fingerprint density at radius 2 is 1.90 bits per heavy atom. The van der Waals surface area contributed by atoms with Crippen LogP contribution in [0.3, 0.4) is 0 Å². The van der Waals surface area contributed by atoms with Gasteiger partial charge in [-0.15, -0.1) is 0 Å². The monoisotopic (exact) mass is 429 g/mol. The fourth-order valence-electron chi connectivity index (χ4n) is 3.34. The van der Waals surface area contributed by atoms with Crippen LogP contribution in [-0.4, -0.2) is 41.4 Å². The minimum Gasteiger partial charge on any atom is -0.350 e. The molecule has 0 unspecified atom stereocenters. The molecule has 0 spiro atoms. The highest BCUT2D eigenvalue weighted by Crippen LogP contribution is 2.33. The normalized spacial score (nSPS) is 20.1. The molecule has 0 aliphatic carbocycles. The van der Waals surface area contributed by atoms with Crippen LogP contribution in [0.15, 0.2) is 52.8 Å². The van der Waals surface area contributed by atoms with E-state index < -0.39 is 29.7 Å². The number of anilines is 1. The second kappa shape index (κ2) is 7.83. The molecular formula is C20H17ClFN5O3. The molecule has 4 rings (SSSR count). The first-order chi connectivity index (χ1) is 14.3. The smallest absolute Gasteiger partial charge is 0.263 e. The highest BCUT2D eigenvalue weighted by atomic mass is 35.5. The largest absolute Gasteiger partial charge is 0.350 e. The van der Waals surface area contributed by atoms with Crippen molar-refractivity contribution in [3.8, 4) is 0 Å². The van der Waals surface area contributed by atoms with Gasteiger partial charge in [0, 0.05) is 6.54 Å². The summed E-state index contributed by atoms with van der Waals surface area (Å²) < 4.78 is 13.4. The summed E-state index contributed by atoms with van der Waals surface area (Å²) in [7, 11) is 0. The molecular weight excluding hydrogens is 413 g/mol. The van der Waals surface area contributed by atoms with Crippen LogP contribution in [0.4, 0.5) is 10.1 Å². The fraction of sp³-hybridized carbons (Fsp3) is 0.250. The average molecular weight is 430 g/mol. The van der Waals surface area contributed by atoms with Crippen molar-refractivity contribution >= 4 is 35.0 Å². The van der Waals surface area contributed by atoms with Gasteiger partial charge in [-0.1, -0.05) is 46.7 Å². The third-order valence-corrected chi connectivity index (χ3v) is 5.22. The van der Waals surface area contributed by atoms with Crippen LogP contribution in [0.25, 0.3) is 0 Å². The lowest BCUT2D eigenvalue weighted by molar-refractivity contribution is -0.125. The van der Waals surface area contributed by atoms with Crippen LogP contribution < -0.4 is 10.2 Å². The van der Waals surface area contributed by atoms with Gasteiger partial charge in [-0.2, -0.15) is 5.11 Å². The molecule has 2 aromatic rings. The van der Waals surface area contributed by atoms with Crippen LogP contribution in [0, 0.1) is 12.7 Å². The Morgan fingerprint density at radius 3 is 2.60 bits per heavy atom. The molecule has 2 aliphatic heterocycles. The van der Waals surface area contributed by atoms with Crippen LogP contribution in [0.5, 0.6) is 0 Å². The zero-order chi connectivity index (χ0) is 21.4. The van der Waals surface area contributed by atoms with Crippen molar-refractivity contribution in [1.29, 1.82) is 0 Å². The lowest BCUT2D eigenvalue weighted by Crippen LogP contribution is -2.44. The van der Waals surface area contributed by atoms with Gasteiger partial charge < -0.3 is 5.32 Å². The standard InChI is InChI=1S/C20H17ClFN5O3/c1-11-2-4-12(5-3-11)9-23-16(28)10-26-18-17(24-25-26)19(29)27(20(18)30)13-6-7-15(22)14(21)8-13/h2-8,17-18H,9-10H2,1H3,(H,23,28)/t17-,18-/m1/s1. The van der Waals surface area contributed by atoms with E-state index in [1.165, 1.54) is 17.1 Å². The Bertz CT molecular complexity index is 1060. The average Bonchev–Trinajstić information content (AvgIpc) is 3.23. The van der Waals surface area contributed by atoms with Gasteiger partial charge in [0.15, 0.2) is 12.1 Å². The molecule has 2 atom stereocenters. The van der Waals surface area contributed by atoms with Crippen molar-refractivity contribution in [2.75, 3.05) is 11.4 Å². The third-order valence-electron chi connectivity index (χ3n) is 4.94. The minimum atomic E-state index is -1.05. The Balaban J connectivity index is 1.43. The van der Waals surface area contributed by atoms with Crippen molar-refractivity contribution in [2.24, 2.45) is 10.3 Å². The zero-order valence-corrected chi connectivity index (χ0v) is 16.6. The Kier molecular flexibility index (Phi) is 5.21. The number of fused-ring (bicyclic) bond motifs is 1. The molecule has 0 bridgehead atoms. The van der Waals surface area contributed by atoms with Crippen molar-refractivity contribution < 1.29 is 18.8 Å². The summed E-state index contributed by atoms with van der Waals surface area (Å²) >= 11 is 5.77. The maximum absolute atomic E-state index is 13.4. The number of amides is 3. The number of halogens is 2. The molecule has 154 valence electrons. The van der Waals surface area contributed by atoms with Crippen molar-refractivity contribution in [2.45, 2.75) is 25.6 Å². The van der Waals surface area contributed by atoms with E-state index in [2.05, 4.69) is 15.7 Å². The van der Waals surface area contributed by atoms with Gasteiger partial charge in [-0.3, -0.25) is 19.4 Å². The highest BCUT2D eigenvalue weighted by Gasteiger charge is 2.55. The SMILES string of the molecule is Cc1ccc(CNC(=O)CN2N=N[C@H]3C(=O)N(c4ccc(F)c(Cl)c4)C(=O)[C@@H]32)cc1. The number of carbonyl (C=O) groups excluding carboxylic acids is 3. The second-order valence-corrected chi connectivity index (χ2v) is 7.47. The van der Waals surface area contributed by atoms with E-state index in [0.717, 1.165) is 22.1 Å². The first-order valence-electron chi connectivity index (χ1n) is 9.17. The fourth-order valence-corrected chi connectivity index (χ4v) is 3.52. The Morgan fingerprint density at radius 1 is 1.17 bits per heavy atom. The summed E-state index contributed by atoms with van der Waals surface area (Å²) in [4.78, 5) is 38.7. The van der Waals surface area contributed by atoms with Gasteiger partial charge in [0.05, 0.1) is 10.7 Å². The third kappa shape index (κ3) is 3.63. The van der Waals surface area contributed by atoms with Gasteiger partial charge in [-0.05, 0) is 30.7 Å². The summed E-state index contributed by atoms with van der Waals surface area (Å²) in [5.74, 6) is -2.21. The summed E-state index contributed by atoms with van der Waals surface area (Å²) in [5.41, 5.74) is 2.19. The predicted octanol–water partition coefficient (Wildman–Crippen LogP) is 2.40. The number of carbonyl (C=O) groups is 3. The molecule has 1 fully saturated rings. The molecule has 1 N–H and O–H groups in total. The van der Waals surface area contributed by atoms with Crippen LogP contribution in [-0.2, 0) is 20.9 Å². The van der Waals surface area contributed by atoms with E-state index in [9.17, 15) is 18.8 Å². The van der Waals surface area contributed by atoms with E-state index in [-0.39, 0.29) is 23.2 Å². The second-order valence-electron chi connectivity index (χ2n) is 7.06. The number of aryl methyl sites for hydroxylation is 1. The van der Waals surface area contributed by atoms with E-state index >= 15 is 0 Å². The van der Waals surface area contributed by atoms with Crippen LogP contribution in [0.2, 0.25) is 5.02 Å². The van der Waals surface area contributed by atoms with Crippen molar-refractivity contribution in [3.05, 3.63) is 64.4 Å². The van der Waals surface area contributed by atoms with Crippen LogP contribution in [0.1, 0.15) is 11.1 Å².